The lowest BCUT2D eigenvalue weighted by Gasteiger charge is -2.14. The van der Waals surface area contributed by atoms with Crippen LogP contribution >= 0.6 is 0 Å². The monoisotopic (exact) mass is 255 g/mol. The lowest BCUT2D eigenvalue weighted by atomic mass is 9.99. The zero-order valence-electron chi connectivity index (χ0n) is 9.94. The lowest BCUT2D eigenvalue weighted by Crippen LogP contribution is -2.08. The Labute approximate surface area is 102 Å². The van der Waals surface area contributed by atoms with Crippen LogP contribution in [0.4, 0.5) is 13.2 Å². The van der Waals surface area contributed by atoms with Gasteiger partial charge in [0.25, 0.3) is 0 Å². The second kappa shape index (κ2) is 4.44. The van der Waals surface area contributed by atoms with E-state index in [1.54, 1.807) is 6.07 Å². The van der Waals surface area contributed by atoms with Crippen LogP contribution in [0.1, 0.15) is 30.9 Å². The molecule has 1 aromatic carbocycles. The highest BCUT2D eigenvalue weighted by Gasteiger charge is 2.31. The zero-order valence-corrected chi connectivity index (χ0v) is 9.94. The van der Waals surface area contributed by atoms with Gasteiger partial charge in [0.05, 0.1) is 5.56 Å². The molecular formula is C12H12F3N3. The Balaban J connectivity index is 2.57. The maximum Gasteiger partial charge on any atom is 0.416 e. The fourth-order valence-corrected chi connectivity index (χ4v) is 1.61. The molecule has 1 aromatic heterocycles. The molecule has 3 nitrogen and oxygen atoms in total. The molecule has 18 heavy (non-hydrogen) atoms. The number of rotatable bonds is 2. The summed E-state index contributed by atoms with van der Waals surface area (Å²) in [6.45, 7) is 3.71. The van der Waals surface area contributed by atoms with Crippen molar-refractivity contribution in [3.63, 3.8) is 0 Å². The van der Waals surface area contributed by atoms with Gasteiger partial charge < -0.3 is 0 Å². The van der Waals surface area contributed by atoms with E-state index in [9.17, 15) is 13.2 Å². The largest absolute Gasteiger partial charge is 0.416 e. The third-order valence-electron chi connectivity index (χ3n) is 2.65. The van der Waals surface area contributed by atoms with Gasteiger partial charge in [-0.2, -0.15) is 13.2 Å². The van der Waals surface area contributed by atoms with Gasteiger partial charge in [0, 0.05) is 5.69 Å². The number of aromatic nitrogens is 3. The number of nitrogens with zero attached hydrogens (tertiary/aromatic N) is 3. The molecule has 0 aliphatic carbocycles. The van der Waals surface area contributed by atoms with E-state index in [0.29, 0.717) is 11.3 Å². The van der Waals surface area contributed by atoms with E-state index in [1.807, 2.05) is 13.8 Å². The first-order chi connectivity index (χ1) is 8.38. The average molecular weight is 255 g/mol. The average Bonchev–Trinajstić information content (AvgIpc) is 2.80. The highest BCUT2D eigenvalue weighted by molar-refractivity contribution is 5.42. The van der Waals surface area contributed by atoms with Gasteiger partial charge in [-0.1, -0.05) is 13.8 Å². The molecule has 0 aliphatic rings. The van der Waals surface area contributed by atoms with E-state index < -0.39 is 11.7 Å². The predicted molar refractivity (Wildman–Crippen MR) is 60.5 cm³/mol. The van der Waals surface area contributed by atoms with Crippen molar-refractivity contribution in [1.82, 2.24) is 14.8 Å². The van der Waals surface area contributed by atoms with Crippen LogP contribution in [0.2, 0.25) is 0 Å². The molecular weight excluding hydrogens is 243 g/mol. The third-order valence-corrected chi connectivity index (χ3v) is 2.65. The minimum atomic E-state index is -4.35. The van der Waals surface area contributed by atoms with Gasteiger partial charge in [-0.3, -0.25) is 4.57 Å². The molecule has 0 saturated carbocycles. The molecule has 0 bridgehead atoms. The highest BCUT2D eigenvalue weighted by Crippen LogP contribution is 2.33. The van der Waals surface area contributed by atoms with Crippen LogP contribution in [0.25, 0.3) is 5.69 Å². The predicted octanol–water partition coefficient (Wildman–Crippen LogP) is 3.41. The molecule has 0 unspecified atom stereocenters. The maximum absolute atomic E-state index is 12.8. The molecule has 0 spiro atoms. The zero-order chi connectivity index (χ0) is 13.3. The van der Waals surface area contributed by atoms with Crippen LogP contribution in [0.15, 0.2) is 30.9 Å². The van der Waals surface area contributed by atoms with Crippen molar-refractivity contribution in [2.24, 2.45) is 0 Å². The Hall–Kier alpha value is -1.85. The van der Waals surface area contributed by atoms with Crippen LogP contribution < -0.4 is 0 Å². The van der Waals surface area contributed by atoms with Crippen molar-refractivity contribution in [1.29, 1.82) is 0 Å². The first-order valence-electron chi connectivity index (χ1n) is 5.45. The topological polar surface area (TPSA) is 30.7 Å². The molecule has 1 heterocycles. The van der Waals surface area contributed by atoms with Crippen molar-refractivity contribution in [3.8, 4) is 5.69 Å². The Kier molecular flexibility index (Phi) is 3.11. The van der Waals surface area contributed by atoms with Crippen LogP contribution in [0, 0.1) is 0 Å². The molecule has 0 N–H and O–H groups in total. The van der Waals surface area contributed by atoms with E-state index in [2.05, 4.69) is 10.2 Å². The molecule has 0 saturated heterocycles. The van der Waals surface area contributed by atoms with Gasteiger partial charge >= 0.3 is 6.18 Å². The molecule has 2 aromatic rings. The maximum atomic E-state index is 12.8. The van der Waals surface area contributed by atoms with Crippen molar-refractivity contribution in [2.75, 3.05) is 0 Å². The molecule has 0 aliphatic heterocycles. The Morgan fingerprint density at radius 1 is 1.06 bits per heavy atom. The Morgan fingerprint density at radius 2 is 1.67 bits per heavy atom. The van der Waals surface area contributed by atoms with Gasteiger partial charge in [0.2, 0.25) is 0 Å². The van der Waals surface area contributed by atoms with Crippen LogP contribution in [-0.2, 0) is 6.18 Å². The van der Waals surface area contributed by atoms with Gasteiger partial charge in [0.15, 0.2) is 0 Å². The molecule has 0 atom stereocenters. The van der Waals surface area contributed by atoms with E-state index in [-0.39, 0.29) is 5.92 Å². The normalized spacial score (nSPS) is 12.1. The molecule has 0 fully saturated rings. The van der Waals surface area contributed by atoms with Crippen molar-refractivity contribution >= 4 is 0 Å². The minimum absolute atomic E-state index is 0.0162. The Bertz CT molecular complexity index is 530. The number of hydrogen-bond acceptors (Lipinski definition) is 2. The van der Waals surface area contributed by atoms with Crippen molar-refractivity contribution in [3.05, 3.63) is 42.0 Å². The molecule has 0 radical (unpaired) electrons. The second-order valence-electron chi connectivity index (χ2n) is 4.33. The fraction of sp³-hybridized carbons (Fsp3) is 0.333. The van der Waals surface area contributed by atoms with Crippen LogP contribution in [0.3, 0.4) is 0 Å². The summed E-state index contributed by atoms with van der Waals surface area (Å²) < 4.78 is 39.9. The van der Waals surface area contributed by atoms with E-state index >= 15 is 0 Å². The first kappa shape index (κ1) is 12.6. The van der Waals surface area contributed by atoms with Crippen LogP contribution in [0.5, 0.6) is 0 Å². The van der Waals surface area contributed by atoms with Crippen molar-refractivity contribution < 1.29 is 13.2 Å². The molecule has 6 heteroatoms. The summed E-state index contributed by atoms with van der Waals surface area (Å²) in [4.78, 5) is 0. The van der Waals surface area contributed by atoms with Gasteiger partial charge in [-0.05, 0) is 29.7 Å². The third kappa shape index (κ3) is 2.52. The lowest BCUT2D eigenvalue weighted by molar-refractivity contribution is -0.137. The van der Waals surface area contributed by atoms with Crippen molar-refractivity contribution in [2.45, 2.75) is 25.9 Å². The van der Waals surface area contributed by atoms with E-state index in [0.717, 1.165) is 6.07 Å². The summed E-state index contributed by atoms with van der Waals surface area (Å²) in [6, 6.07) is 3.98. The second-order valence-corrected chi connectivity index (χ2v) is 4.33. The molecule has 0 amide bonds. The summed E-state index contributed by atoms with van der Waals surface area (Å²) in [5.41, 5.74) is 0.393. The summed E-state index contributed by atoms with van der Waals surface area (Å²) in [6.07, 6.45) is -1.60. The summed E-state index contributed by atoms with van der Waals surface area (Å²) in [5.74, 6) is 0.0162. The van der Waals surface area contributed by atoms with Gasteiger partial charge in [0.1, 0.15) is 12.7 Å². The number of benzene rings is 1. The number of halogens is 3. The quantitative estimate of drug-likeness (QED) is 0.823. The standard InChI is InChI=1S/C12H12F3N3/c1-8(2)9-3-10(12(13,14)15)5-11(4-9)18-6-16-17-7-18/h3-8H,1-2H3. The van der Waals surface area contributed by atoms with Gasteiger partial charge in [-0.25, -0.2) is 0 Å². The summed E-state index contributed by atoms with van der Waals surface area (Å²) >= 11 is 0. The fourth-order valence-electron chi connectivity index (χ4n) is 1.61. The smallest absolute Gasteiger partial charge is 0.288 e. The molecule has 96 valence electrons. The Morgan fingerprint density at radius 3 is 2.17 bits per heavy atom. The van der Waals surface area contributed by atoms with E-state index in [4.69, 9.17) is 0 Å². The van der Waals surface area contributed by atoms with Gasteiger partial charge in [-0.15, -0.1) is 10.2 Å². The summed E-state index contributed by atoms with van der Waals surface area (Å²) in [7, 11) is 0. The van der Waals surface area contributed by atoms with E-state index in [1.165, 1.54) is 23.3 Å². The number of alkyl halides is 3. The minimum Gasteiger partial charge on any atom is -0.288 e. The first-order valence-corrected chi connectivity index (χ1v) is 5.45. The number of hydrogen-bond donors (Lipinski definition) is 0. The highest BCUT2D eigenvalue weighted by atomic mass is 19.4. The summed E-state index contributed by atoms with van der Waals surface area (Å²) in [5, 5.41) is 7.19. The SMILES string of the molecule is CC(C)c1cc(-n2cnnc2)cc(C(F)(F)F)c1. The molecule has 2 rings (SSSR count). The van der Waals surface area contributed by atoms with Crippen LogP contribution in [-0.4, -0.2) is 14.8 Å².